The molecule has 140 valence electrons. The number of carbonyl (C=O) groups is 1. The molecule has 8 nitrogen and oxygen atoms in total. The molecule has 0 aliphatic carbocycles. The Morgan fingerprint density at radius 2 is 1.93 bits per heavy atom. The van der Waals surface area contributed by atoms with E-state index in [9.17, 15) is 4.79 Å². The highest BCUT2D eigenvalue weighted by molar-refractivity contribution is 5.77. The molecule has 2 heterocycles. The van der Waals surface area contributed by atoms with E-state index in [0.29, 0.717) is 30.5 Å². The minimum atomic E-state index is -0.171. The van der Waals surface area contributed by atoms with E-state index < -0.39 is 0 Å². The lowest BCUT2D eigenvalue weighted by atomic mass is 10.2. The zero-order chi connectivity index (χ0) is 19.1. The number of hydrogen-bond acceptors (Lipinski definition) is 6. The Morgan fingerprint density at radius 1 is 1.07 bits per heavy atom. The minimum absolute atomic E-state index is 0.0113. The van der Waals surface area contributed by atoms with Crippen molar-refractivity contribution in [2.75, 3.05) is 25.0 Å². The van der Waals surface area contributed by atoms with Gasteiger partial charge in [0.05, 0.1) is 5.69 Å². The molecule has 0 spiro atoms. The molecule has 2 N–H and O–H groups in total. The number of ether oxygens (including phenoxy) is 1. The zero-order valence-electron chi connectivity index (χ0n) is 15.3. The maximum absolute atomic E-state index is 11.8. The summed E-state index contributed by atoms with van der Waals surface area (Å²) in [7, 11) is 0. The molecular weight excluding hydrogens is 344 g/mol. The topological polar surface area (TPSA) is 94.0 Å². The number of amides is 1. The van der Waals surface area contributed by atoms with Crippen LogP contribution in [0.3, 0.4) is 0 Å². The largest absolute Gasteiger partial charge is 0.484 e. The number of hydrogen-bond donors (Lipinski definition) is 2. The van der Waals surface area contributed by atoms with Gasteiger partial charge in [-0.1, -0.05) is 18.2 Å². The van der Waals surface area contributed by atoms with E-state index in [2.05, 4.69) is 25.9 Å². The number of carbonyl (C=O) groups excluding carboxylic acids is 1. The Bertz CT molecular complexity index is 891. The van der Waals surface area contributed by atoms with Crippen molar-refractivity contribution < 1.29 is 9.53 Å². The lowest BCUT2D eigenvalue weighted by Gasteiger charge is -2.10. The van der Waals surface area contributed by atoms with E-state index in [1.807, 2.05) is 62.5 Å². The second-order valence-corrected chi connectivity index (χ2v) is 6.01. The predicted octanol–water partition coefficient (Wildman–Crippen LogP) is 1.89. The SMILES string of the molecule is Cc1ccn(-c2ccc(NCCNC(=O)COc3ccccc3C)nn2)n1. The first-order valence-electron chi connectivity index (χ1n) is 8.67. The van der Waals surface area contributed by atoms with E-state index in [1.165, 1.54) is 0 Å². The third kappa shape index (κ3) is 5.27. The van der Waals surface area contributed by atoms with Crippen molar-refractivity contribution >= 4 is 11.7 Å². The van der Waals surface area contributed by atoms with Gasteiger partial charge in [-0.15, -0.1) is 10.2 Å². The van der Waals surface area contributed by atoms with Crippen LogP contribution in [0.1, 0.15) is 11.3 Å². The van der Waals surface area contributed by atoms with E-state index >= 15 is 0 Å². The number of para-hydroxylation sites is 1. The Balaban J connectivity index is 1.37. The molecule has 0 fully saturated rings. The van der Waals surface area contributed by atoms with Gasteiger partial charge in [0, 0.05) is 19.3 Å². The van der Waals surface area contributed by atoms with E-state index in [0.717, 1.165) is 11.3 Å². The number of aryl methyl sites for hydroxylation is 2. The van der Waals surface area contributed by atoms with Crippen LogP contribution in [0.2, 0.25) is 0 Å². The van der Waals surface area contributed by atoms with E-state index in [4.69, 9.17) is 4.74 Å². The van der Waals surface area contributed by atoms with Crippen LogP contribution in [0.5, 0.6) is 5.75 Å². The average molecular weight is 366 g/mol. The van der Waals surface area contributed by atoms with Crippen LogP contribution in [0, 0.1) is 13.8 Å². The normalized spacial score (nSPS) is 10.4. The van der Waals surface area contributed by atoms with Gasteiger partial charge in [-0.3, -0.25) is 4.79 Å². The van der Waals surface area contributed by atoms with Crippen molar-refractivity contribution in [3.05, 3.63) is 59.9 Å². The molecular formula is C19H22N6O2. The molecule has 8 heteroatoms. The second-order valence-electron chi connectivity index (χ2n) is 6.01. The van der Waals surface area contributed by atoms with Gasteiger partial charge in [-0.2, -0.15) is 5.10 Å². The highest BCUT2D eigenvalue weighted by Gasteiger charge is 2.05. The molecule has 3 rings (SSSR count). The van der Waals surface area contributed by atoms with Crippen LogP contribution < -0.4 is 15.4 Å². The monoisotopic (exact) mass is 366 g/mol. The van der Waals surface area contributed by atoms with Crippen LogP contribution in [0.4, 0.5) is 5.82 Å². The van der Waals surface area contributed by atoms with Crippen LogP contribution in [0.25, 0.3) is 5.82 Å². The molecule has 0 saturated carbocycles. The van der Waals surface area contributed by atoms with Crippen LogP contribution >= 0.6 is 0 Å². The van der Waals surface area contributed by atoms with Crippen molar-refractivity contribution in [3.63, 3.8) is 0 Å². The molecule has 0 aliphatic rings. The Labute approximate surface area is 157 Å². The van der Waals surface area contributed by atoms with Gasteiger partial charge < -0.3 is 15.4 Å². The smallest absolute Gasteiger partial charge is 0.258 e. The van der Waals surface area contributed by atoms with Gasteiger partial charge >= 0.3 is 0 Å². The maximum atomic E-state index is 11.8. The first-order chi connectivity index (χ1) is 13.1. The zero-order valence-corrected chi connectivity index (χ0v) is 15.3. The third-order valence-electron chi connectivity index (χ3n) is 3.81. The Hall–Kier alpha value is -3.42. The average Bonchev–Trinajstić information content (AvgIpc) is 3.11. The first kappa shape index (κ1) is 18.4. The molecule has 1 amide bonds. The van der Waals surface area contributed by atoms with Gasteiger partial charge in [0.15, 0.2) is 12.4 Å². The minimum Gasteiger partial charge on any atom is -0.484 e. The number of rotatable bonds is 8. The summed E-state index contributed by atoms with van der Waals surface area (Å²) in [5.74, 6) is 1.83. The summed E-state index contributed by atoms with van der Waals surface area (Å²) < 4.78 is 7.18. The molecule has 0 radical (unpaired) electrons. The van der Waals surface area contributed by atoms with Crippen molar-refractivity contribution in [1.29, 1.82) is 0 Å². The van der Waals surface area contributed by atoms with Crippen molar-refractivity contribution in [3.8, 4) is 11.6 Å². The van der Waals surface area contributed by atoms with Crippen molar-refractivity contribution in [1.82, 2.24) is 25.3 Å². The predicted molar refractivity (Wildman–Crippen MR) is 102 cm³/mol. The maximum Gasteiger partial charge on any atom is 0.258 e. The molecule has 0 bridgehead atoms. The quantitative estimate of drug-likeness (QED) is 0.591. The lowest BCUT2D eigenvalue weighted by molar-refractivity contribution is -0.123. The first-order valence-corrected chi connectivity index (χ1v) is 8.67. The highest BCUT2D eigenvalue weighted by Crippen LogP contribution is 2.15. The third-order valence-corrected chi connectivity index (χ3v) is 3.81. The number of anilines is 1. The molecule has 0 aliphatic heterocycles. The fourth-order valence-corrected chi connectivity index (χ4v) is 2.39. The summed E-state index contributed by atoms with van der Waals surface area (Å²) in [6.45, 7) is 4.84. The summed E-state index contributed by atoms with van der Waals surface area (Å²) >= 11 is 0. The van der Waals surface area contributed by atoms with Crippen molar-refractivity contribution in [2.24, 2.45) is 0 Å². The van der Waals surface area contributed by atoms with Crippen LogP contribution in [-0.2, 0) is 4.79 Å². The molecule has 1 aromatic carbocycles. The Morgan fingerprint density at radius 3 is 2.63 bits per heavy atom. The highest BCUT2D eigenvalue weighted by atomic mass is 16.5. The fraction of sp³-hybridized carbons (Fsp3) is 0.263. The second kappa shape index (κ2) is 8.79. The summed E-state index contributed by atoms with van der Waals surface area (Å²) in [5, 5.41) is 18.4. The molecule has 27 heavy (non-hydrogen) atoms. The number of aromatic nitrogens is 4. The van der Waals surface area contributed by atoms with Gasteiger partial charge in [-0.25, -0.2) is 4.68 Å². The van der Waals surface area contributed by atoms with Crippen LogP contribution in [0.15, 0.2) is 48.7 Å². The molecule has 3 aromatic rings. The van der Waals surface area contributed by atoms with Gasteiger partial charge in [-0.05, 0) is 43.7 Å². The summed E-state index contributed by atoms with van der Waals surface area (Å²) in [5.41, 5.74) is 1.92. The summed E-state index contributed by atoms with van der Waals surface area (Å²) in [4.78, 5) is 11.8. The number of benzene rings is 1. The summed E-state index contributed by atoms with van der Waals surface area (Å²) in [6, 6.07) is 13.1. The van der Waals surface area contributed by atoms with Gasteiger partial charge in [0.25, 0.3) is 5.91 Å². The van der Waals surface area contributed by atoms with Gasteiger partial charge in [0.2, 0.25) is 0 Å². The molecule has 0 saturated heterocycles. The fourth-order valence-electron chi connectivity index (χ4n) is 2.39. The molecule has 2 aromatic heterocycles. The summed E-state index contributed by atoms with van der Waals surface area (Å²) in [6.07, 6.45) is 1.83. The Kier molecular flexibility index (Phi) is 5.98. The van der Waals surface area contributed by atoms with E-state index in [1.54, 1.807) is 4.68 Å². The molecule has 0 atom stereocenters. The standard InChI is InChI=1S/C19H22N6O2/c1-14-5-3-4-6-16(14)27-13-19(26)21-11-10-20-17-7-8-18(23-22-17)25-12-9-15(2)24-25/h3-9,12H,10-11,13H2,1-2H3,(H,20,22)(H,21,26). The van der Waals surface area contributed by atoms with Gasteiger partial charge in [0.1, 0.15) is 11.6 Å². The number of nitrogens with zero attached hydrogens (tertiary/aromatic N) is 4. The van der Waals surface area contributed by atoms with Crippen LogP contribution in [-0.4, -0.2) is 45.6 Å². The van der Waals surface area contributed by atoms with E-state index in [-0.39, 0.29) is 12.5 Å². The van der Waals surface area contributed by atoms with Crippen molar-refractivity contribution in [2.45, 2.75) is 13.8 Å². The number of nitrogens with one attached hydrogen (secondary N) is 2. The molecule has 0 unspecified atom stereocenters. The lowest BCUT2D eigenvalue weighted by Crippen LogP contribution is -2.32.